The lowest BCUT2D eigenvalue weighted by atomic mass is 9.79. The molecule has 1 saturated carbocycles. The molecule has 0 aromatic carbocycles. The molecule has 0 bridgehead atoms. The van der Waals surface area contributed by atoms with Gasteiger partial charge in [-0.1, -0.05) is 39.5 Å². The smallest absolute Gasteiger partial charge is 0.0900 e. The van der Waals surface area contributed by atoms with Crippen LogP contribution in [0.25, 0.3) is 0 Å². The molecule has 1 N–H and O–H groups in total. The van der Waals surface area contributed by atoms with Gasteiger partial charge in [-0.05, 0) is 25.2 Å². The Kier molecular flexibility index (Phi) is 3.91. The predicted octanol–water partition coefficient (Wildman–Crippen LogP) is 2.80. The van der Waals surface area contributed by atoms with Crippen molar-refractivity contribution in [2.24, 2.45) is 5.92 Å². The highest BCUT2D eigenvalue weighted by Gasteiger charge is 2.43. The van der Waals surface area contributed by atoms with Gasteiger partial charge in [-0.3, -0.25) is 4.90 Å². The molecule has 0 aromatic rings. The van der Waals surface area contributed by atoms with Crippen molar-refractivity contribution >= 4 is 0 Å². The molecule has 1 aliphatic carbocycles. The molecule has 94 valence electrons. The van der Waals surface area contributed by atoms with Gasteiger partial charge in [-0.25, -0.2) is 0 Å². The highest BCUT2D eigenvalue weighted by atomic mass is 16.3. The summed E-state index contributed by atoms with van der Waals surface area (Å²) in [6.07, 6.45) is 8.98. The molecule has 1 aliphatic heterocycles. The number of hydrogen-bond donors (Lipinski definition) is 1. The van der Waals surface area contributed by atoms with Gasteiger partial charge in [0.05, 0.1) is 5.60 Å². The molecule has 16 heavy (non-hydrogen) atoms. The van der Waals surface area contributed by atoms with Crippen molar-refractivity contribution in [1.29, 1.82) is 0 Å². The molecular formula is C14H27NO. The van der Waals surface area contributed by atoms with Crippen molar-refractivity contribution in [1.82, 2.24) is 4.90 Å². The Hall–Kier alpha value is -0.0800. The van der Waals surface area contributed by atoms with Crippen molar-refractivity contribution in [3.8, 4) is 0 Å². The van der Waals surface area contributed by atoms with Gasteiger partial charge in [-0.15, -0.1) is 0 Å². The second-order valence-electron chi connectivity index (χ2n) is 5.97. The van der Waals surface area contributed by atoms with Crippen molar-refractivity contribution in [2.45, 2.75) is 70.4 Å². The van der Waals surface area contributed by atoms with Crippen LogP contribution in [-0.2, 0) is 0 Å². The molecule has 2 rings (SSSR count). The maximum atomic E-state index is 10.2. The van der Waals surface area contributed by atoms with Gasteiger partial charge < -0.3 is 5.11 Å². The molecule has 2 aliphatic rings. The molecule has 0 spiro atoms. The zero-order valence-corrected chi connectivity index (χ0v) is 10.9. The van der Waals surface area contributed by atoms with Gasteiger partial charge in [0.1, 0.15) is 0 Å². The highest BCUT2D eigenvalue weighted by Crippen LogP contribution is 2.35. The molecular weight excluding hydrogens is 198 g/mol. The fourth-order valence-corrected chi connectivity index (χ4v) is 3.56. The molecule has 2 atom stereocenters. The summed E-state index contributed by atoms with van der Waals surface area (Å²) in [4.78, 5) is 2.53. The molecule has 0 amide bonds. The minimum atomic E-state index is -0.339. The van der Waals surface area contributed by atoms with Crippen LogP contribution >= 0.6 is 0 Å². The monoisotopic (exact) mass is 225 g/mol. The van der Waals surface area contributed by atoms with E-state index in [1.807, 2.05) is 0 Å². The summed E-state index contributed by atoms with van der Waals surface area (Å²) < 4.78 is 0. The second kappa shape index (κ2) is 5.05. The lowest BCUT2D eigenvalue weighted by molar-refractivity contribution is -0.126. The molecule has 0 radical (unpaired) electrons. The Morgan fingerprint density at radius 3 is 2.62 bits per heavy atom. The van der Waals surface area contributed by atoms with E-state index in [0.29, 0.717) is 0 Å². The summed E-state index contributed by atoms with van der Waals surface area (Å²) in [6, 6.07) is 0.774. The van der Waals surface area contributed by atoms with E-state index in [-0.39, 0.29) is 5.60 Å². The molecule has 0 aromatic heterocycles. The van der Waals surface area contributed by atoms with E-state index in [1.165, 1.54) is 32.1 Å². The average Bonchev–Trinajstić information content (AvgIpc) is 2.26. The van der Waals surface area contributed by atoms with E-state index in [0.717, 1.165) is 37.9 Å². The van der Waals surface area contributed by atoms with Gasteiger partial charge in [0, 0.05) is 19.1 Å². The quantitative estimate of drug-likeness (QED) is 0.795. The second-order valence-corrected chi connectivity index (χ2v) is 5.97. The van der Waals surface area contributed by atoms with Crippen molar-refractivity contribution < 1.29 is 5.11 Å². The molecule has 2 nitrogen and oxygen atoms in total. The largest absolute Gasteiger partial charge is 0.387 e. The fourth-order valence-electron chi connectivity index (χ4n) is 3.56. The highest BCUT2D eigenvalue weighted by molar-refractivity contribution is 4.98. The maximum Gasteiger partial charge on any atom is 0.0900 e. The summed E-state index contributed by atoms with van der Waals surface area (Å²) in [5, 5.41) is 10.2. The first kappa shape index (κ1) is 12.4. The number of hydrogen-bond acceptors (Lipinski definition) is 2. The van der Waals surface area contributed by atoms with Crippen LogP contribution in [0.2, 0.25) is 0 Å². The molecule has 1 heterocycles. The minimum Gasteiger partial charge on any atom is -0.387 e. The molecule has 2 heteroatoms. The van der Waals surface area contributed by atoms with Crippen LogP contribution in [0.3, 0.4) is 0 Å². The third kappa shape index (κ3) is 2.60. The van der Waals surface area contributed by atoms with Gasteiger partial charge in [0.25, 0.3) is 0 Å². The van der Waals surface area contributed by atoms with Crippen molar-refractivity contribution in [3.63, 3.8) is 0 Å². The van der Waals surface area contributed by atoms with Crippen LogP contribution in [0.4, 0.5) is 0 Å². The lowest BCUT2D eigenvalue weighted by Gasteiger charge is -2.52. The van der Waals surface area contributed by atoms with E-state index < -0.39 is 0 Å². The van der Waals surface area contributed by atoms with Gasteiger partial charge >= 0.3 is 0 Å². The topological polar surface area (TPSA) is 23.5 Å². The Bertz CT molecular complexity index is 223. The third-order valence-corrected chi connectivity index (χ3v) is 4.56. The number of nitrogens with zero attached hydrogens (tertiary/aromatic N) is 1. The van der Waals surface area contributed by atoms with Gasteiger partial charge in [0.2, 0.25) is 0 Å². The SMILES string of the molecule is CCCC1(O)CN(C2CCCC(CC)C2)C1. The Balaban J connectivity index is 1.78. The summed E-state index contributed by atoms with van der Waals surface area (Å²) in [7, 11) is 0. The zero-order chi connectivity index (χ0) is 11.6. The van der Waals surface area contributed by atoms with E-state index in [1.54, 1.807) is 0 Å². The van der Waals surface area contributed by atoms with Gasteiger partial charge in [0.15, 0.2) is 0 Å². The number of likely N-dealkylation sites (tertiary alicyclic amines) is 1. The fraction of sp³-hybridized carbons (Fsp3) is 1.00. The standard InChI is InChI=1S/C14H27NO/c1-3-8-14(16)10-15(11-14)13-7-5-6-12(4-2)9-13/h12-13,16H,3-11H2,1-2H3. The maximum absolute atomic E-state index is 10.2. The first-order chi connectivity index (χ1) is 7.67. The molecule has 2 unspecified atom stereocenters. The number of aliphatic hydroxyl groups is 1. The third-order valence-electron chi connectivity index (χ3n) is 4.56. The summed E-state index contributed by atoms with van der Waals surface area (Å²) >= 11 is 0. The number of rotatable bonds is 4. The van der Waals surface area contributed by atoms with Crippen molar-refractivity contribution in [3.05, 3.63) is 0 Å². The molecule has 1 saturated heterocycles. The van der Waals surface area contributed by atoms with Crippen LogP contribution in [0, 0.1) is 5.92 Å². The Labute approximate surface area is 100 Å². The lowest BCUT2D eigenvalue weighted by Crippen LogP contribution is -2.65. The zero-order valence-electron chi connectivity index (χ0n) is 10.9. The summed E-state index contributed by atoms with van der Waals surface area (Å²) in [5.74, 6) is 0.943. The number of β-amino-alcohol motifs (C(OH)–C–C–N with tert-alkyl or cyclic N) is 1. The Morgan fingerprint density at radius 1 is 1.25 bits per heavy atom. The predicted molar refractivity (Wildman–Crippen MR) is 67.5 cm³/mol. The van der Waals surface area contributed by atoms with Gasteiger partial charge in [-0.2, -0.15) is 0 Å². The van der Waals surface area contributed by atoms with E-state index in [9.17, 15) is 5.11 Å². The van der Waals surface area contributed by atoms with E-state index >= 15 is 0 Å². The first-order valence-electron chi connectivity index (χ1n) is 7.13. The Morgan fingerprint density at radius 2 is 2.00 bits per heavy atom. The van der Waals surface area contributed by atoms with Crippen molar-refractivity contribution in [2.75, 3.05) is 13.1 Å². The van der Waals surface area contributed by atoms with Crippen LogP contribution in [0.1, 0.15) is 58.8 Å². The normalized spacial score (nSPS) is 34.7. The first-order valence-corrected chi connectivity index (χ1v) is 7.13. The van der Waals surface area contributed by atoms with E-state index in [2.05, 4.69) is 18.7 Å². The van der Waals surface area contributed by atoms with Crippen LogP contribution in [-0.4, -0.2) is 34.7 Å². The average molecular weight is 225 g/mol. The summed E-state index contributed by atoms with van der Waals surface area (Å²) in [6.45, 7) is 6.34. The van der Waals surface area contributed by atoms with Crippen LogP contribution in [0.5, 0.6) is 0 Å². The van der Waals surface area contributed by atoms with Crippen LogP contribution < -0.4 is 0 Å². The minimum absolute atomic E-state index is 0.339. The summed E-state index contributed by atoms with van der Waals surface area (Å²) in [5.41, 5.74) is -0.339. The molecule has 2 fully saturated rings. The van der Waals surface area contributed by atoms with E-state index in [4.69, 9.17) is 0 Å². The van der Waals surface area contributed by atoms with Crippen LogP contribution in [0.15, 0.2) is 0 Å².